The molecule has 0 unspecified atom stereocenters. The highest BCUT2D eigenvalue weighted by atomic mass is 35.5. The standard InChI is InChI=1S/C12H10Cl2O3/c1-16-12(15)10-3-7(5-13)2-8-4-9(6-14)17-11(8)10/h2-4H,5-6H2,1H3. The Kier molecular flexibility index (Phi) is 3.60. The number of halogens is 2. The molecule has 90 valence electrons. The van der Waals surface area contributed by atoms with E-state index in [9.17, 15) is 4.79 Å². The van der Waals surface area contributed by atoms with Gasteiger partial charge in [-0.3, -0.25) is 0 Å². The number of carbonyl (C=O) groups is 1. The number of hydrogen-bond acceptors (Lipinski definition) is 3. The molecule has 0 spiro atoms. The first-order valence-corrected chi connectivity index (χ1v) is 6.02. The molecule has 0 saturated carbocycles. The van der Waals surface area contributed by atoms with Crippen molar-refractivity contribution in [1.29, 1.82) is 0 Å². The lowest BCUT2D eigenvalue weighted by Crippen LogP contribution is -2.02. The maximum Gasteiger partial charge on any atom is 0.341 e. The first kappa shape index (κ1) is 12.3. The van der Waals surface area contributed by atoms with E-state index in [4.69, 9.17) is 32.4 Å². The van der Waals surface area contributed by atoms with Crippen molar-refractivity contribution in [1.82, 2.24) is 0 Å². The zero-order valence-corrected chi connectivity index (χ0v) is 10.6. The van der Waals surface area contributed by atoms with Crippen LogP contribution in [0.2, 0.25) is 0 Å². The van der Waals surface area contributed by atoms with Gasteiger partial charge in [0.1, 0.15) is 16.9 Å². The number of esters is 1. The van der Waals surface area contributed by atoms with Crippen molar-refractivity contribution >= 4 is 40.1 Å². The molecule has 0 bridgehead atoms. The number of carbonyl (C=O) groups excluding carboxylic acids is 1. The quantitative estimate of drug-likeness (QED) is 0.632. The lowest BCUT2D eigenvalue weighted by molar-refractivity contribution is 0.0601. The molecule has 1 aromatic carbocycles. The van der Waals surface area contributed by atoms with Gasteiger partial charge in [0.2, 0.25) is 0 Å². The smallest absolute Gasteiger partial charge is 0.341 e. The fourth-order valence-electron chi connectivity index (χ4n) is 1.67. The van der Waals surface area contributed by atoms with Crippen LogP contribution in [0.25, 0.3) is 11.0 Å². The van der Waals surface area contributed by atoms with Crippen molar-refractivity contribution in [2.75, 3.05) is 7.11 Å². The fourth-order valence-corrected chi connectivity index (χ4v) is 1.96. The summed E-state index contributed by atoms with van der Waals surface area (Å²) in [5.74, 6) is 0.739. The van der Waals surface area contributed by atoms with Gasteiger partial charge < -0.3 is 9.15 Å². The van der Waals surface area contributed by atoms with E-state index in [2.05, 4.69) is 0 Å². The fraction of sp³-hybridized carbons (Fsp3) is 0.250. The van der Waals surface area contributed by atoms with E-state index in [1.54, 1.807) is 12.1 Å². The zero-order chi connectivity index (χ0) is 12.4. The molecule has 0 aliphatic carbocycles. The van der Waals surface area contributed by atoms with E-state index in [1.807, 2.05) is 6.07 Å². The summed E-state index contributed by atoms with van der Waals surface area (Å²) < 4.78 is 10.2. The van der Waals surface area contributed by atoms with Crippen LogP contribution in [-0.4, -0.2) is 13.1 Å². The molecule has 0 aliphatic rings. The van der Waals surface area contributed by atoms with Crippen molar-refractivity contribution in [3.63, 3.8) is 0 Å². The summed E-state index contributed by atoms with van der Waals surface area (Å²) in [5, 5.41) is 0.805. The van der Waals surface area contributed by atoms with Crippen LogP contribution in [0.3, 0.4) is 0 Å². The molecule has 0 N–H and O–H groups in total. The van der Waals surface area contributed by atoms with E-state index >= 15 is 0 Å². The number of hydrogen-bond donors (Lipinski definition) is 0. The largest absolute Gasteiger partial charge is 0.465 e. The van der Waals surface area contributed by atoms with Crippen LogP contribution < -0.4 is 0 Å². The summed E-state index contributed by atoms with van der Waals surface area (Å²) >= 11 is 11.5. The minimum absolute atomic E-state index is 0.255. The van der Waals surface area contributed by atoms with Crippen molar-refractivity contribution in [2.45, 2.75) is 11.8 Å². The van der Waals surface area contributed by atoms with Crippen LogP contribution in [0.15, 0.2) is 22.6 Å². The maximum atomic E-state index is 11.6. The molecule has 0 fully saturated rings. The Morgan fingerprint density at radius 3 is 2.65 bits per heavy atom. The molecule has 17 heavy (non-hydrogen) atoms. The topological polar surface area (TPSA) is 39.4 Å². The minimum atomic E-state index is -0.447. The molecule has 1 heterocycles. The molecule has 2 aromatic rings. The third-order valence-corrected chi connectivity index (χ3v) is 2.99. The molecule has 0 aliphatic heterocycles. The Morgan fingerprint density at radius 1 is 1.29 bits per heavy atom. The average Bonchev–Trinajstić information content (AvgIpc) is 2.79. The van der Waals surface area contributed by atoms with Gasteiger partial charge in [-0.2, -0.15) is 0 Å². The Bertz CT molecular complexity index is 560. The van der Waals surface area contributed by atoms with Crippen LogP contribution >= 0.6 is 23.2 Å². The second-order valence-electron chi connectivity index (χ2n) is 3.53. The van der Waals surface area contributed by atoms with Gasteiger partial charge in [-0.05, 0) is 23.8 Å². The van der Waals surface area contributed by atoms with E-state index in [0.29, 0.717) is 22.8 Å². The van der Waals surface area contributed by atoms with E-state index in [1.165, 1.54) is 7.11 Å². The van der Waals surface area contributed by atoms with Crippen LogP contribution in [0, 0.1) is 0 Å². The zero-order valence-electron chi connectivity index (χ0n) is 9.13. The number of rotatable bonds is 3. The average molecular weight is 273 g/mol. The molecule has 3 nitrogen and oxygen atoms in total. The second-order valence-corrected chi connectivity index (χ2v) is 4.07. The number of alkyl halides is 2. The predicted molar refractivity (Wildman–Crippen MR) is 66.7 cm³/mol. The van der Waals surface area contributed by atoms with E-state index < -0.39 is 5.97 Å². The number of methoxy groups -OCH3 is 1. The normalized spacial score (nSPS) is 10.8. The van der Waals surface area contributed by atoms with Crippen LogP contribution in [0.5, 0.6) is 0 Å². The van der Waals surface area contributed by atoms with E-state index in [0.717, 1.165) is 10.9 Å². The monoisotopic (exact) mass is 272 g/mol. The van der Waals surface area contributed by atoms with Gasteiger partial charge in [0.25, 0.3) is 0 Å². The molecular weight excluding hydrogens is 263 g/mol. The molecule has 2 rings (SSSR count). The van der Waals surface area contributed by atoms with Gasteiger partial charge >= 0.3 is 5.97 Å². The number of ether oxygens (including phenoxy) is 1. The minimum Gasteiger partial charge on any atom is -0.465 e. The Labute approximate surface area is 108 Å². The summed E-state index contributed by atoms with van der Waals surface area (Å²) in [6.07, 6.45) is 0. The van der Waals surface area contributed by atoms with Crippen molar-refractivity contribution in [3.05, 3.63) is 35.1 Å². The van der Waals surface area contributed by atoms with Crippen LogP contribution in [0.1, 0.15) is 21.7 Å². The maximum absolute atomic E-state index is 11.6. The van der Waals surface area contributed by atoms with Gasteiger partial charge in [-0.15, -0.1) is 23.2 Å². The number of furan rings is 1. The first-order valence-electron chi connectivity index (χ1n) is 4.95. The molecule has 0 atom stereocenters. The van der Waals surface area contributed by atoms with Gasteiger partial charge in [-0.1, -0.05) is 0 Å². The lowest BCUT2D eigenvalue weighted by atomic mass is 10.1. The number of fused-ring (bicyclic) bond motifs is 1. The third-order valence-electron chi connectivity index (χ3n) is 2.42. The highest BCUT2D eigenvalue weighted by molar-refractivity contribution is 6.18. The Balaban J connectivity index is 2.69. The predicted octanol–water partition coefficient (Wildman–Crippen LogP) is 3.70. The summed E-state index contributed by atoms with van der Waals surface area (Å²) in [7, 11) is 1.33. The number of benzene rings is 1. The Hall–Kier alpha value is -1.19. The SMILES string of the molecule is COC(=O)c1cc(CCl)cc2cc(CCl)oc12. The van der Waals surface area contributed by atoms with Crippen LogP contribution in [-0.2, 0) is 16.5 Å². The molecule has 0 radical (unpaired) electrons. The summed E-state index contributed by atoms with van der Waals surface area (Å²) in [5.41, 5.74) is 1.69. The van der Waals surface area contributed by atoms with Crippen LogP contribution in [0.4, 0.5) is 0 Å². The van der Waals surface area contributed by atoms with Crippen molar-refractivity contribution in [2.24, 2.45) is 0 Å². The van der Waals surface area contributed by atoms with E-state index in [-0.39, 0.29) is 5.88 Å². The Morgan fingerprint density at radius 2 is 2.06 bits per heavy atom. The third kappa shape index (κ3) is 2.26. The molecule has 0 amide bonds. The molecular formula is C12H10Cl2O3. The second kappa shape index (κ2) is 4.98. The lowest BCUT2D eigenvalue weighted by Gasteiger charge is -2.02. The molecule has 0 saturated heterocycles. The van der Waals surface area contributed by atoms with Crippen molar-refractivity contribution in [3.8, 4) is 0 Å². The van der Waals surface area contributed by atoms with Gasteiger partial charge in [0.05, 0.1) is 13.0 Å². The first-order chi connectivity index (χ1) is 8.19. The summed E-state index contributed by atoms with van der Waals surface area (Å²) in [4.78, 5) is 11.6. The van der Waals surface area contributed by atoms with Gasteiger partial charge in [0, 0.05) is 11.3 Å². The summed E-state index contributed by atoms with van der Waals surface area (Å²) in [6, 6.07) is 5.34. The van der Waals surface area contributed by atoms with Gasteiger partial charge in [0.15, 0.2) is 0 Å². The van der Waals surface area contributed by atoms with Crippen molar-refractivity contribution < 1.29 is 13.9 Å². The van der Waals surface area contributed by atoms with Gasteiger partial charge in [-0.25, -0.2) is 4.79 Å². The summed E-state index contributed by atoms with van der Waals surface area (Å²) in [6.45, 7) is 0. The molecule has 5 heteroatoms. The molecule has 1 aromatic heterocycles. The highest BCUT2D eigenvalue weighted by Gasteiger charge is 2.16. The highest BCUT2D eigenvalue weighted by Crippen LogP contribution is 2.27.